The third kappa shape index (κ3) is 10.5. The Kier molecular flexibility index (Phi) is 14.2. The number of halogens is 2. The fraction of sp³-hybridized carbons (Fsp3) is 0.543. The number of anilines is 1. The van der Waals surface area contributed by atoms with Gasteiger partial charge in [0.05, 0.1) is 27.9 Å². The number of fused-ring (bicyclic) bond motifs is 1. The predicted molar refractivity (Wildman–Crippen MR) is 185 cm³/mol. The first-order chi connectivity index (χ1) is 21.9. The first kappa shape index (κ1) is 34.9. The maximum atomic E-state index is 12.7. The molecule has 0 unspecified atom stereocenters. The maximum Gasteiger partial charge on any atom is 0.411 e. The zero-order chi connectivity index (χ0) is 32.0. The van der Waals surface area contributed by atoms with E-state index < -0.39 is 6.09 Å². The molecular weight excluding hydrogens is 611 g/mol. The number of benzene rings is 2. The Hall–Kier alpha value is -2.94. The van der Waals surface area contributed by atoms with Crippen LogP contribution in [0.15, 0.2) is 53.3 Å². The van der Waals surface area contributed by atoms with Crippen molar-refractivity contribution in [2.45, 2.75) is 71.4 Å². The second kappa shape index (κ2) is 18.3. The number of amides is 1. The molecule has 0 bridgehead atoms. The number of hydrogen-bond acceptors (Lipinski definition) is 6. The summed E-state index contributed by atoms with van der Waals surface area (Å²) in [6.45, 7) is 8.10. The van der Waals surface area contributed by atoms with Gasteiger partial charge in [0.1, 0.15) is 5.75 Å². The molecule has 1 aliphatic rings. The predicted octanol–water partition coefficient (Wildman–Crippen LogP) is 8.07. The van der Waals surface area contributed by atoms with Gasteiger partial charge in [-0.15, -0.1) is 0 Å². The topological polar surface area (TPSA) is 67.2 Å². The summed E-state index contributed by atoms with van der Waals surface area (Å²) in [6, 6.07) is 14.8. The fourth-order valence-electron chi connectivity index (χ4n) is 5.69. The van der Waals surface area contributed by atoms with Crippen molar-refractivity contribution in [3.8, 4) is 5.75 Å². The van der Waals surface area contributed by atoms with Gasteiger partial charge in [-0.3, -0.25) is 14.3 Å². The van der Waals surface area contributed by atoms with Gasteiger partial charge in [0.15, 0.2) is 6.73 Å². The van der Waals surface area contributed by atoms with Gasteiger partial charge < -0.3 is 19.3 Å². The van der Waals surface area contributed by atoms with E-state index in [-0.39, 0.29) is 12.3 Å². The van der Waals surface area contributed by atoms with Crippen molar-refractivity contribution in [3.05, 3.63) is 68.9 Å². The standard InChI is InChI=1S/C35H48Cl2N4O4/c1-3-4-5-6-7-8-9-19-38(2)35(43)45-27-41-32-26-29(17-15-28(32)16-18-33(41)42)44-25-11-10-20-39-21-23-40(24-22-39)31-14-12-13-30(36)34(31)37/h12-18,26H,3-11,19-25,27H2,1-2H3. The smallest absolute Gasteiger partial charge is 0.411 e. The van der Waals surface area contributed by atoms with Crippen LogP contribution in [0.25, 0.3) is 10.9 Å². The molecule has 45 heavy (non-hydrogen) atoms. The summed E-state index contributed by atoms with van der Waals surface area (Å²) in [6.07, 6.45) is 9.82. The highest BCUT2D eigenvalue weighted by Gasteiger charge is 2.19. The van der Waals surface area contributed by atoms with E-state index in [1.54, 1.807) is 18.0 Å². The summed E-state index contributed by atoms with van der Waals surface area (Å²) in [5.74, 6) is 0.691. The van der Waals surface area contributed by atoms with Crippen molar-refractivity contribution in [1.82, 2.24) is 14.4 Å². The number of pyridine rings is 1. The summed E-state index contributed by atoms with van der Waals surface area (Å²) in [7, 11) is 1.74. The van der Waals surface area contributed by atoms with Gasteiger partial charge in [0, 0.05) is 51.9 Å². The molecule has 1 fully saturated rings. The lowest BCUT2D eigenvalue weighted by Gasteiger charge is -2.36. The molecular formula is C35H48Cl2N4O4. The van der Waals surface area contributed by atoms with Crippen LogP contribution in [0.4, 0.5) is 10.5 Å². The molecule has 0 atom stereocenters. The number of piperazine rings is 1. The van der Waals surface area contributed by atoms with Crippen molar-refractivity contribution in [1.29, 1.82) is 0 Å². The van der Waals surface area contributed by atoms with Crippen LogP contribution in [0, 0.1) is 0 Å². The highest BCUT2D eigenvalue weighted by molar-refractivity contribution is 6.43. The minimum atomic E-state index is -0.424. The SMILES string of the molecule is CCCCCCCCCN(C)C(=O)OCn1c(=O)ccc2ccc(OCCCCN3CCN(c4cccc(Cl)c4Cl)CC3)cc21. The number of carbonyl (C=O) groups is 1. The molecule has 2 aromatic carbocycles. The van der Waals surface area contributed by atoms with Gasteiger partial charge >= 0.3 is 6.09 Å². The minimum absolute atomic E-state index is 0.142. The molecule has 1 aromatic heterocycles. The lowest BCUT2D eigenvalue weighted by molar-refractivity contribution is 0.0827. The highest BCUT2D eigenvalue weighted by atomic mass is 35.5. The molecule has 2 heterocycles. The van der Waals surface area contributed by atoms with E-state index in [0.717, 1.165) is 69.5 Å². The van der Waals surface area contributed by atoms with Crippen LogP contribution in [0.3, 0.4) is 0 Å². The molecule has 0 radical (unpaired) electrons. The molecule has 10 heteroatoms. The first-order valence-electron chi connectivity index (χ1n) is 16.4. The zero-order valence-electron chi connectivity index (χ0n) is 26.8. The van der Waals surface area contributed by atoms with Crippen molar-refractivity contribution in [3.63, 3.8) is 0 Å². The third-order valence-corrected chi connectivity index (χ3v) is 9.28. The Morgan fingerprint density at radius 2 is 1.62 bits per heavy atom. The van der Waals surface area contributed by atoms with E-state index in [4.69, 9.17) is 32.7 Å². The van der Waals surface area contributed by atoms with Gasteiger partial charge in [0.2, 0.25) is 0 Å². The Balaban J connectivity index is 1.19. The normalized spacial score (nSPS) is 13.7. The van der Waals surface area contributed by atoms with Gasteiger partial charge in [-0.05, 0) is 61.5 Å². The number of rotatable bonds is 17. The van der Waals surface area contributed by atoms with E-state index in [1.165, 1.54) is 42.7 Å². The van der Waals surface area contributed by atoms with Crippen LogP contribution < -0.4 is 15.2 Å². The summed E-state index contributed by atoms with van der Waals surface area (Å²) >= 11 is 12.6. The lowest BCUT2D eigenvalue weighted by Crippen LogP contribution is -2.46. The number of nitrogens with zero attached hydrogens (tertiary/aromatic N) is 4. The van der Waals surface area contributed by atoms with Gasteiger partial charge in [-0.1, -0.05) is 74.7 Å². The van der Waals surface area contributed by atoms with Gasteiger partial charge in [-0.2, -0.15) is 0 Å². The Morgan fingerprint density at radius 3 is 2.40 bits per heavy atom. The molecule has 1 amide bonds. The van der Waals surface area contributed by atoms with Crippen LogP contribution in [-0.4, -0.2) is 73.4 Å². The van der Waals surface area contributed by atoms with Crippen LogP contribution in [0.2, 0.25) is 10.0 Å². The molecule has 0 N–H and O–H groups in total. The number of hydrogen-bond donors (Lipinski definition) is 0. The van der Waals surface area contributed by atoms with Crippen LogP contribution in [-0.2, 0) is 11.5 Å². The summed E-state index contributed by atoms with van der Waals surface area (Å²) < 4.78 is 13.1. The molecule has 1 saturated heterocycles. The second-order valence-electron chi connectivity index (χ2n) is 11.9. The number of unbranched alkanes of at least 4 members (excludes halogenated alkanes) is 7. The molecule has 3 aromatic rings. The summed E-state index contributed by atoms with van der Waals surface area (Å²) in [5.41, 5.74) is 1.46. The average molecular weight is 660 g/mol. The van der Waals surface area contributed by atoms with Crippen LogP contribution >= 0.6 is 23.2 Å². The summed E-state index contributed by atoms with van der Waals surface area (Å²) in [5, 5.41) is 2.10. The maximum absolute atomic E-state index is 12.7. The van der Waals surface area contributed by atoms with Crippen molar-refractivity contribution in [2.24, 2.45) is 0 Å². The molecule has 0 saturated carbocycles. The Morgan fingerprint density at radius 1 is 0.889 bits per heavy atom. The second-order valence-corrected chi connectivity index (χ2v) is 12.6. The van der Waals surface area contributed by atoms with Crippen LogP contribution in [0.5, 0.6) is 5.75 Å². The van der Waals surface area contributed by atoms with E-state index >= 15 is 0 Å². The van der Waals surface area contributed by atoms with E-state index in [2.05, 4.69) is 16.7 Å². The Bertz CT molecular complexity index is 1420. The Labute approximate surface area is 277 Å². The van der Waals surface area contributed by atoms with Crippen molar-refractivity contribution in [2.75, 3.05) is 57.8 Å². The lowest BCUT2D eigenvalue weighted by atomic mass is 10.1. The van der Waals surface area contributed by atoms with Crippen molar-refractivity contribution >= 4 is 45.9 Å². The average Bonchev–Trinajstić information content (AvgIpc) is 3.05. The highest BCUT2D eigenvalue weighted by Crippen LogP contribution is 2.33. The minimum Gasteiger partial charge on any atom is -0.494 e. The number of ether oxygens (including phenoxy) is 2. The van der Waals surface area contributed by atoms with Crippen molar-refractivity contribution < 1.29 is 14.3 Å². The molecule has 8 nitrogen and oxygen atoms in total. The first-order valence-corrected chi connectivity index (χ1v) is 17.2. The quantitative estimate of drug-likeness (QED) is 0.137. The molecule has 246 valence electrons. The fourth-order valence-corrected chi connectivity index (χ4v) is 6.11. The van der Waals surface area contributed by atoms with E-state index in [1.807, 2.05) is 36.4 Å². The number of aromatic nitrogens is 1. The monoisotopic (exact) mass is 658 g/mol. The van der Waals surface area contributed by atoms with E-state index in [0.29, 0.717) is 34.5 Å². The van der Waals surface area contributed by atoms with E-state index in [9.17, 15) is 9.59 Å². The third-order valence-electron chi connectivity index (χ3n) is 8.47. The molecule has 4 rings (SSSR count). The van der Waals surface area contributed by atoms with Gasteiger partial charge in [-0.25, -0.2) is 4.79 Å². The van der Waals surface area contributed by atoms with Crippen LogP contribution in [0.1, 0.15) is 64.7 Å². The zero-order valence-corrected chi connectivity index (χ0v) is 28.3. The largest absolute Gasteiger partial charge is 0.494 e. The molecule has 1 aliphatic heterocycles. The molecule has 0 spiro atoms. The summed E-state index contributed by atoms with van der Waals surface area (Å²) in [4.78, 5) is 31.7. The molecule has 0 aliphatic carbocycles. The number of carbonyl (C=O) groups excluding carboxylic acids is 1. The van der Waals surface area contributed by atoms with Gasteiger partial charge in [0.25, 0.3) is 5.56 Å².